The zero-order valence-corrected chi connectivity index (χ0v) is 17.5. The van der Waals surface area contributed by atoms with Crippen LogP contribution in [0.1, 0.15) is 38.2 Å². The summed E-state index contributed by atoms with van der Waals surface area (Å²) in [4.78, 5) is 8.32. The summed E-state index contributed by atoms with van der Waals surface area (Å²) < 4.78 is 39.5. The van der Waals surface area contributed by atoms with Gasteiger partial charge in [-0.2, -0.15) is 0 Å². The molecule has 1 aromatic carbocycles. The normalized spacial score (nSPS) is 20.0. The number of aryl methyl sites for hydroxylation is 1. The van der Waals surface area contributed by atoms with E-state index < -0.39 is 10.0 Å². The van der Waals surface area contributed by atoms with Crippen LogP contribution in [0.4, 0.5) is 0 Å². The van der Waals surface area contributed by atoms with Crippen LogP contribution in [-0.2, 0) is 10.0 Å². The zero-order valence-electron chi connectivity index (χ0n) is 15.9. The number of hydrogen-bond donors (Lipinski definition) is 1. The highest BCUT2D eigenvalue weighted by Gasteiger charge is 2.27. The fraction of sp³-hybridized carbons (Fsp3) is 0.474. The second-order valence-corrected chi connectivity index (χ2v) is 8.91. The number of nitrogens with one attached hydrogen (secondary N) is 1. The molecule has 1 saturated carbocycles. The summed E-state index contributed by atoms with van der Waals surface area (Å²) in [7, 11) is -3.58. The largest absolute Gasteiger partial charge is 0.494 e. The Kier molecular flexibility index (Phi) is 6.74. The third-order valence-electron chi connectivity index (χ3n) is 4.62. The van der Waals surface area contributed by atoms with Crippen LogP contribution in [0.5, 0.6) is 11.8 Å². The van der Waals surface area contributed by atoms with E-state index in [-0.39, 0.29) is 17.0 Å². The number of benzene rings is 1. The number of sulfonamides is 1. The van der Waals surface area contributed by atoms with Gasteiger partial charge >= 0.3 is 6.01 Å². The monoisotopic (exact) mass is 425 g/mol. The lowest BCUT2D eigenvalue weighted by Gasteiger charge is -2.28. The van der Waals surface area contributed by atoms with Gasteiger partial charge < -0.3 is 9.47 Å². The Labute approximate surface area is 170 Å². The molecule has 0 radical (unpaired) electrons. The van der Waals surface area contributed by atoms with Gasteiger partial charge in [0.15, 0.2) is 0 Å². The fourth-order valence-corrected chi connectivity index (χ4v) is 4.69. The van der Waals surface area contributed by atoms with Crippen molar-refractivity contribution < 1.29 is 17.9 Å². The molecular weight excluding hydrogens is 402 g/mol. The fourth-order valence-electron chi connectivity index (χ4n) is 3.20. The zero-order chi connectivity index (χ0) is 20.1. The summed E-state index contributed by atoms with van der Waals surface area (Å²) in [5.74, 6) is 0.698. The molecule has 0 bridgehead atoms. The quantitative estimate of drug-likeness (QED) is 0.730. The lowest BCUT2D eigenvalue weighted by Crippen LogP contribution is -2.39. The predicted molar refractivity (Wildman–Crippen MR) is 106 cm³/mol. The molecule has 1 heterocycles. The van der Waals surface area contributed by atoms with Crippen molar-refractivity contribution in [2.24, 2.45) is 0 Å². The Morgan fingerprint density at radius 1 is 1.18 bits per heavy atom. The van der Waals surface area contributed by atoms with E-state index in [2.05, 4.69) is 14.7 Å². The van der Waals surface area contributed by atoms with Crippen LogP contribution in [0.2, 0.25) is 5.02 Å². The van der Waals surface area contributed by atoms with E-state index in [4.69, 9.17) is 21.1 Å². The Hall–Kier alpha value is -1.90. The van der Waals surface area contributed by atoms with Gasteiger partial charge in [-0.25, -0.2) is 23.1 Å². The van der Waals surface area contributed by atoms with Gasteiger partial charge in [-0.3, -0.25) is 0 Å². The molecule has 0 atom stereocenters. The molecular formula is C19H24ClN3O4S. The maximum Gasteiger partial charge on any atom is 0.316 e. The Balaban J connectivity index is 1.56. The summed E-state index contributed by atoms with van der Waals surface area (Å²) in [5.41, 5.74) is 0.796. The van der Waals surface area contributed by atoms with Crippen molar-refractivity contribution in [1.29, 1.82) is 0 Å². The highest BCUT2D eigenvalue weighted by molar-refractivity contribution is 7.89. The van der Waals surface area contributed by atoms with Crippen LogP contribution >= 0.6 is 11.6 Å². The van der Waals surface area contributed by atoms with E-state index >= 15 is 0 Å². The van der Waals surface area contributed by atoms with E-state index in [0.29, 0.717) is 36.2 Å². The van der Waals surface area contributed by atoms with Crippen molar-refractivity contribution in [2.75, 3.05) is 6.61 Å². The van der Waals surface area contributed by atoms with Crippen LogP contribution in [0.25, 0.3) is 0 Å². The van der Waals surface area contributed by atoms with Crippen molar-refractivity contribution in [3.05, 3.63) is 41.2 Å². The summed E-state index contributed by atoms with van der Waals surface area (Å²) >= 11 is 5.77. The van der Waals surface area contributed by atoms with Crippen LogP contribution in [0.3, 0.4) is 0 Å². The molecule has 0 unspecified atom stereocenters. The smallest absolute Gasteiger partial charge is 0.316 e. The van der Waals surface area contributed by atoms with Gasteiger partial charge in [0.25, 0.3) is 0 Å². The molecule has 1 N–H and O–H groups in total. The lowest BCUT2D eigenvalue weighted by atomic mass is 9.94. The number of aromatic nitrogens is 2. The first kappa shape index (κ1) is 20.8. The summed E-state index contributed by atoms with van der Waals surface area (Å²) in [6.45, 7) is 4.27. The molecule has 1 aromatic heterocycles. The van der Waals surface area contributed by atoms with Crippen LogP contribution in [-0.4, -0.2) is 37.1 Å². The van der Waals surface area contributed by atoms with Gasteiger partial charge in [0.05, 0.1) is 28.9 Å². The van der Waals surface area contributed by atoms with Gasteiger partial charge in [-0.1, -0.05) is 11.6 Å². The number of rotatable bonds is 7. The third-order valence-corrected chi connectivity index (χ3v) is 6.33. The number of nitrogens with zero attached hydrogens (tertiary/aromatic N) is 2. The first-order valence-corrected chi connectivity index (χ1v) is 11.1. The molecule has 9 heteroatoms. The molecule has 0 amide bonds. The average molecular weight is 426 g/mol. The van der Waals surface area contributed by atoms with Crippen molar-refractivity contribution in [3.63, 3.8) is 0 Å². The van der Waals surface area contributed by atoms with Crippen LogP contribution in [0.15, 0.2) is 35.5 Å². The second kappa shape index (κ2) is 9.07. The van der Waals surface area contributed by atoms with E-state index in [1.54, 1.807) is 18.2 Å². The molecule has 0 aliphatic heterocycles. The SMILES string of the molecule is CCOc1ccc(S(=O)(=O)NC2CCC(Oc3ncc(Cl)cn3)CC2)cc1C. The lowest BCUT2D eigenvalue weighted by molar-refractivity contribution is 0.132. The summed E-state index contributed by atoms with van der Waals surface area (Å²) in [6.07, 6.45) is 5.77. The first-order valence-electron chi connectivity index (χ1n) is 9.27. The van der Waals surface area contributed by atoms with Crippen LogP contribution in [0, 0.1) is 6.92 Å². The van der Waals surface area contributed by atoms with Gasteiger partial charge in [0.1, 0.15) is 11.9 Å². The molecule has 2 aromatic rings. The minimum absolute atomic E-state index is 0.0327. The summed E-state index contributed by atoms with van der Waals surface area (Å²) in [6, 6.07) is 5.08. The highest BCUT2D eigenvalue weighted by Crippen LogP contribution is 2.25. The molecule has 1 aliphatic rings. The maximum atomic E-state index is 12.7. The molecule has 0 saturated heterocycles. The molecule has 28 heavy (non-hydrogen) atoms. The van der Waals surface area contributed by atoms with Crippen molar-refractivity contribution in [3.8, 4) is 11.8 Å². The minimum Gasteiger partial charge on any atom is -0.494 e. The van der Waals surface area contributed by atoms with Crippen LogP contribution < -0.4 is 14.2 Å². The number of halogens is 1. The van der Waals surface area contributed by atoms with Gasteiger partial charge in [0.2, 0.25) is 10.0 Å². The molecule has 3 rings (SSSR count). The third kappa shape index (κ3) is 5.33. The van der Waals surface area contributed by atoms with E-state index in [9.17, 15) is 8.42 Å². The van der Waals surface area contributed by atoms with Gasteiger partial charge in [0, 0.05) is 6.04 Å². The second-order valence-electron chi connectivity index (χ2n) is 6.76. The van der Waals surface area contributed by atoms with Gasteiger partial charge in [-0.15, -0.1) is 0 Å². The van der Waals surface area contributed by atoms with E-state index in [1.165, 1.54) is 12.4 Å². The number of ether oxygens (including phenoxy) is 2. The van der Waals surface area contributed by atoms with Gasteiger partial charge in [-0.05, 0) is 63.3 Å². The molecule has 0 spiro atoms. The van der Waals surface area contributed by atoms with E-state index in [1.807, 2.05) is 13.8 Å². The Morgan fingerprint density at radius 3 is 2.46 bits per heavy atom. The Bertz CT molecular complexity index is 898. The molecule has 1 aliphatic carbocycles. The highest BCUT2D eigenvalue weighted by atomic mass is 35.5. The topological polar surface area (TPSA) is 90.4 Å². The standard InChI is InChI=1S/C19H24ClN3O4S/c1-3-26-18-9-8-17(10-13(18)2)28(24,25)23-15-4-6-16(7-5-15)27-19-21-11-14(20)12-22-19/h8-12,15-16,23H,3-7H2,1-2H3. The number of hydrogen-bond acceptors (Lipinski definition) is 6. The Morgan fingerprint density at radius 2 is 1.86 bits per heavy atom. The predicted octanol–water partition coefficient (Wildman–Crippen LogP) is 3.51. The first-order chi connectivity index (χ1) is 13.4. The molecule has 1 fully saturated rings. The van der Waals surface area contributed by atoms with E-state index in [0.717, 1.165) is 18.4 Å². The minimum atomic E-state index is -3.58. The maximum absolute atomic E-state index is 12.7. The summed E-state index contributed by atoms with van der Waals surface area (Å²) in [5, 5.41) is 0.454. The van der Waals surface area contributed by atoms with Crippen molar-refractivity contribution >= 4 is 21.6 Å². The van der Waals surface area contributed by atoms with Crippen molar-refractivity contribution in [1.82, 2.24) is 14.7 Å². The van der Waals surface area contributed by atoms with Crippen molar-refractivity contribution in [2.45, 2.75) is 56.6 Å². The average Bonchev–Trinajstić information content (AvgIpc) is 2.67. The molecule has 7 nitrogen and oxygen atoms in total. The molecule has 152 valence electrons.